The molecule has 72 valence electrons. The van der Waals surface area contributed by atoms with Gasteiger partial charge in [0.2, 0.25) is 0 Å². The van der Waals surface area contributed by atoms with Gasteiger partial charge in [-0.3, -0.25) is 0 Å². The molecule has 1 heterocycles. The number of benzene rings is 1. The normalized spacial score (nSPS) is 19.4. The first-order valence-corrected chi connectivity index (χ1v) is 4.66. The summed E-state index contributed by atoms with van der Waals surface area (Å²) in [5.74, 6) is 0.808. The van der Waals surface area contributed by atoms with E-state index in [1.807, 2.05) is 19.1 Å². The third kappa shape index (κ3) is 1.24. The highest BCUT2D eigenvalue weighted by Crippen LogP contribution is 2.34. The number of ether oxygens (including phenoxy) is 1. The van der Waals surface area contributed by atoms with E-state index in [2.05, 4.69) is 6.07 Å². The van der Waals surface area contributed by atoms with Crippen LogP contribution in [0.25, 0.3) is 0 Å². The predicted molar refractivity (Wildman–Crippen MR) is 52.9 cm³/mol. The van der Waals surface area contributed by atoms with Gasteiger partial charge < -0.3 is 10.5 Å². The van der Waals surface area contributed by atoms with Crippen molar-refractivity contribution in [2.75, 3.05) is 6.61 Å². The van der Waals surface area contributed by atoms with Crippen LogP contribution in [0.4, 0.5) is 0 Å². The zero-order valence-electron chi connectivity index (χ0n) is 8.08. The van der Waals surface area contributed by atoms with Crippen LogP contribution in [-0.2, 0) is 0 Å². The van der Waals surface area contributed by atoms with Gasteiger partial charge in [-0.05, 0) is 13.0 Å². The van der Waals surface area contributed by atoms with E-state index < -0.39 is 0 Å². The quantitative estimate of drug-likeness (QED) is 0.673. The SMILES string of the molecule is Cc1c(C#N)ccc2c1OCCC2N. The maximum absolute atomic E-state index is 8.85. The van der Waals surface area contributed by atoms with E-state index in [0.29, 0.717) is 12.2 Å². The summed E-state index contributed by atoms with van der Waals surface area (Å²) in [6.45, 7) is 2.54. The van der Waals surface area contributed by atoms with Gasteiger partial charge in [-0.1, -0.05) is 6.07 Å². The van der Waals surface area contributed by atoms with Crippen LogP contribution in [0, 0.1) is 18.3 Å². The minimum Gasteiger partial charge on any atom is -0.493 e. The van der Waals surface area contributed by atoms with Gasteiger partial charge in [0.05, 0.1) is 18.2 Å². The van der Waals surface area contributed by atoms with Gasteiger partial charge >= 0.3 is 0 Å². The van der Waals surface area contributed by atoms with Crippen molar-refractivity contribution in [3.8, 4) is 11.8 Å². The number of hydrogen-bond donors (Lipinski definition) is 1. The molecule has 1 unspecified atom stereocenters. The van der Waals surface area contributed by atoms with Gasteiger partial charge in [0, 0.05) is 23.6 Å². The number of rotatable bonds is 0. The number of hydrogen-bond acceptors (Lipinski definition) is 3. The maximum atomic E-state index is 8.85. The standard InChI is InChI=1S/C11H12N2O/c1-7-8(6-12)2-3-9-10(13)4-5-14-11(7)9/h2-3,10H,4-5,13H2,1H3. The van der Waals surface area contributed by atoms with E-state index in [9.17, 15) is 0 Å². The number of nitrogens with two attached hydrogens (primary N) is 1. The van der Waals surface area contributed by atoms with Crippen LogP contribution >= 0.6 is 0 Å². The van der Waals surface area contributed by atoms with Gasteiger partial charge in [0.25, 0.3) is 0 Å². The Kier molecular flexibility index (Phi) is 2.14. The molecule has 0 fully saturated rings. The lowest BCUT2D eigenvalue weighted by Crippen LogP contribution is -2.21. The van der Waals surface area contributed by atoms with Crippen molar-refractivity contribution < 1.29 is 4.74 Å². The molecule has 3 nitrogen and oxygen atoms in total. The molecule has 2 rings (SSSR count). The van der Waals surface area contributed by atoms with Crippen molar-refractivity contribution in [3.05, 3.63) is 28.8 Å². The lowest BCUT2D eigenvalue weighted by molar-refractivity contribution is 0.267. The summed E-state index contributed by atoms with van der Waals surface area (Å²) < 4.78 is 5.54. The van der Waals surface area contributed by atoms with Crippen molar-refractivity contribution in [3.63, 3.8) is 0 Å². The number of nitrogens with zero attached hydrogens (tertiary/aromatic N) is 1. The van der Waals surface area contributed by atoms with Crippen LogP contribution in [0.1, 0.15) is 29.2 Å². The number of fused-ring (bicyclic) bond motifs is 1. The second kappa shape index (κ2) is 3.32. The second-order valence-corrected chi connectivity index (χ2v) is 3.51. The minimum atomic E-state index is 0.0465. The van der Waals surface area contributed by atoms with Gasteiger partial charge in [-0.15, -0.1) is 0 Å². The fourth-order valence-electron chi connectivity index (χ4n) is 1.76. The molecule has 0 bridgehead atoms. The molecule has 0 radical (unpaired) electrons. The molecule has 3 heteroatoms. The summed E-state index contributed by atoms with van der Waals surface area (Å²) in [6, 6.07) is 5.89. The molecule has 1 aromatic rings. The molecule has 0 spiro atoms. The van der Waals surface area contributed by atoms with Crippen molar-refractivity contribution >= 4 is 0 Å². The van der Waals surface area contributed by atoms with E-state index in [-0.39, 0.29) is 6.04 Å². The highest BCUT2D eigenvalue weighted by molar-refractivity contribution is 5.52. The van der Waals surface area contributed by atoms with E-state index in [1.165, 1.54) is 0 Å². The van der Waals surface area contributed by atoms with Crippen LogP contribution < -0.4 is 10.5 Å². The molecular weight excluding hydrogens is 176 g/mol. The van der Waals surface area contributed by atoms with Crippen molar-refractivity contribution in [1.29, 1.82) is 5.26 Å². The molecule has 1 atom stereocenters. The lowest BCUT2D eigenvalue weighted by Gasteiger charge is -2.24. The molecule has 0 aliphatic carbocycles. The summed E-state index contributed by atoms with van der Waals surface area (Å²) in [7, 11) is 0. The van der Waals surface area contributed by atoms with E-state index in [0.717, 1.165) is 23.3 Å². The summed E-state index contributed by atoms with van der Waals surface area (Å²) in [5, 5.41) is 8.85. The van der Waals surface area contributed by atoms with E-state index >= 15 is 0 Å². The Bertz CT molecular complexity index is 406. The van der Waals surface area contributed by atoms with Crippen LogP contribution in [0.2, 0.25) is 0 Å². The molecule has 2 N–H and O–H groups in total. The summed E-state index contributed by atoms with van der Waals surface area (Å²) >= 11 is 0. The Morgan fingerprint density at radius 1 is 1.57 bits per heavy atom. The molecule has 1 aromatic carbocycles. The average Bonchev–Trinajstić information content (AvgIpc) is 2.20. The molecule has 0 saturated carbocycles. The first kappa shape index (κ1) is 9.04. The van der Waals surface area contributed by atoms with E-state index in [1.54, 1.807) is 0 Å². The highest BCUT2D eigenvalue weighted by Gasteiger charge is 2.20. The second-order valence-electron chi connectivity index (χ2n) is 3.51. The first-order valence-electron chi connectivity index (χ1n) is 4.66. The van der Waals surface area contributed by atoms with Gasteiger partial charge in [0.15, 0.2) is 0 Å². The topological polar surface area (TPSA) is 59.0 Å². The summed E-state index contributed by atoms with van der Waals surface area (Å²) in [5.41, 5.74) is 8.53. The Balaban J connectivity index is 2.59. The van der Waals surface area contributed by atoms with Gasteiger partial charge in [-0.25, -0.2) is 0 Å². The molecule has 1 aliphatic heterocycles. The molecule has 0 amide bonds. The molecule has 0 aromatic heterocycles. The molecule has 14 heavy (non-hydrogen) atoms. The molecule has 1 aliphatic rings. The Hall–Kier alpha value is -1.53. The summed E-state index contributed by atoms with van der Waals surface area (Å²) in [6.07, 6.45) is 0.846. The van der Waals surface area contributed by atoms with Gasteiger partial charge in [-0.2, -0.15) is 5.26 Å². The largest absolute Gasteiger partial charge is 0.493 e. The Labute approximate surface area is 83.1 Å². The molecule has 0 saturated heterocycles. The smallest absolute Gasteiger partial charge is 0.128 e. The predicted octanol–water partition coefficient (Wildman–Crippen LogP) is 1.65. The average molecular weight is 188 g/mol. The first-order chi connectivity index (χ1) is 6.74. The highest BCUT2D eigenvalue weighted by atomic mass is 16.5. The summed E-state index contributed by atoms with van der Waals surface area (Å²) in [4.78, 5) is 0. The number of nitriles is 1. The van der Waals surface area contributed by atoms with Gasteiger partial charge in [0.1, 0.15) is 5.75 Å². The third-order valence-corrected chi connectivity index (χ3v) is 2.63. The zero-order valence-corrected chi connectivity index (χ0v) is 8.08. The van der Waals surface area contributed by atoms with Crippen molar-refractivity contribution in [2.24, 2.45) is 5.73 Å². The fourth-order valence-corrected chi connectivity index (χ4v) is 1.76. The van der Waals surface area contributed by atoms with Crippen molar-refractivity contribution in [2.45, 2.75) is 19.4 Å². The van der Waals surface area contributed by atoms with Crippen LogP contribution in [-0.4, -0.2) is 6.61 Å². The lowest BCUT2D eigenvalue weighted by atomic mass is 9.96. The maximum Gasteiger partial charge on any atom is 0.128 e. The Morgan fingerprint density at radius 3 is 3.07 bits per heavy atom. The monoisotopic (exact) mass is 188 g/mol. The zero-order chi connectivity index (χ0) is 10.1. The minimum absolute atomic E-state index is 0.0465. The Morgan fingerprint density at radius 2 is 2.36 bits per heavy atom. The molecular formula is C11H12N2O. The van der Waals surface area contributed by atoms with Crippen LogP contribution in [0.5, 0.6) is 5.75 Å². The van der Waals surface area contributed by atoms with Crippen molar-refractivity contribution in [1.82, 2.24) is 0 Å². The van der Waals surface area contributed by atoms with Crippen LogP contribution in [0.15, 0.2) is 12.1 Å². The fraction of sp³-hybridized carbons (Fsp3) is 0.364. The van der Waals surface area contributed by atoms with E-state index in [4.69, 9.17) is 15.7 Å². The third-order valence-electron chi connectivity index (χ3n) is 2.63. The van der Waals surface area contributed by atoms with Crippen LogP contribution in [0.3, 0.4) is 0 Å².